The molecule has 2 rings (SSSR count). The van der Waals surface area contributed by atoms with Crippen LogP contribution in [0, 0.1) is 0 Å². The van der Waals surface area contributed by atoms with Gasteiger partial charge in [-0.1, -0.05) is 23.7 Å². The number of anilines is 1. The molecule has 0 spiro atoms. The van der Waals surface area contributed by atoms with E-state index in [0.29, 0.717) is 5.02 Å². The number of hydrazone groups is 1. The second-order valence-corrected chi connectivity index (χ2v) is 4.87. The molecule has 0 saturated carbocycles. The first-order chi connectivity index (χ1) is 10.7. The van der Waals surface area contributed by atoms with Gasteiger partial charge in [0.05, 0.1) is 19.9 Å². The highest BCUT2D eigenvalue weighted by Crippen LogP contribution is 2.14. The van der Waals surface area contributed by atoms with Gasteiger partial charge in [0.2, 0.25) is 0 Å². The number of hydrogen-bond donors (Lipinski definition) is 2. The van der Waals surface area contributed by atoms with Crippen LogP contribution >= 0.6 is 11.6 Å². The largest absolute Gasteiger partial charge is 0.497 e. The first kappa shape index (κ1) is 15.9. The smallest absolute Gasteiger partial charge is 0.259 e. The van der Waals surface area contributed by atoms with Crippen LogP contribution in [0.5, 0.6) is 5.75 Å². The van der Waals surface area contributed by atoms with Crippen LogP contribution in [0.25, 0.3) is 0 Å². The van der Waals surface area contributed by atoms with Gasteiger partial charge in [-0.25, -0.2) is 5.43 Å². The third-order valence-corrected chi connectivity index (χ3v) is 3.03. The Bertz CT molecular complexity index is 657. The van der Waals surface area contributed by atoms with Crippen LogP contribution in [-0.4, -0.2) is 25.8 Å². The van der Waals surface area contributed by atoms with Crippen molar-refractivity contribution in [3.63, 3.8) is 0 Å². The van der Waals surface area contributed by atoms with Gasteiger partial charge >= 0.3 is 0 Å². The van der Waals surface area contributed by atoms with E-state index in [1.165, 1.54) is 6.21 Å². The number of nitrogens with one attached hydrogen (secondary N) is 2. The third-order valence-electron chi connectivity index (χ3n) is 2.79. The normalized spacial score (nSPS) is 10.5. The fraction of sp³-hybridized carbons (Fsp3) is 0.125. The monoisotopic (exact) mass is 317 g/mol. The molecule has 0 atom stereocenters. The highest BCUT2D eigenvalue weighted by Gasteiger charge is 1.99. The molecule has 0 aliphatic rings. The van der Waals surface area contributed by atoms with Crippen LogP contribution in [0.15, 0.2) is 53.6 Å². The molecule has 0 aliphatic heterocycles. The van der Waals surface area contributed by atoms with Crippen molar-refractivity contribution >= 4 is 29.4 Å². The van der Waals surface area contributed by atoms with Gasteiger partial charge in [0.25, 0.3) is 5.91 Å². The van der Waals surface area contributed by atoms with Crippen LogP contribution in [0.2, 0.25) is 5.02 Å². The summed E-state index contributed by atoms with van der Waals surface area (Å²) >= 11 is 5.86. The number of rotatable bonds is 6. The molecule has 0 radical (unpaired) electrons. The first-order valence-corrected chi connectivity index (χ1v) is 7.00. The lowest BCUT2D eigenvalue weighted by molar-refractivity contribution is -0.119. The van der Waals surface area contributed by atoms with Crippen LogP contribution in [0.4, 0.5) is 5.69 Å². The minimum Gasteiger partial charge on any atom is -0.497 e. The van der Waals surface area contributed by atoms with Gasteiger partial charge in [0.1, 0.15) is 5.75 Å². The van der Waals surface area contributed by atoms with E-state index in [2.05, 4.69) is 15.8 Å². The SMILES string of the molecule is COc1ccc(NCC(=O)N/N=C\c2cccc(Cl)c2)cc1. The number of hydrogen-bond acceptors (Lipinski definition) is 4. The molecule has 0 unspecified atom stereocenters. The molecule has 5 nitrogen and oxygen atoms in total. The van der Waals surface area contributed by atoms with E-state index in [-0.39, 0.29) is 12.5 Å². The van der Waals surface area contributed by atoms with Gasteiger partial charge < -0.3 is 10.1 Å². The van der Waals surface area contributed by atoms with E-state index in [1.807, 2.05) is 36.4 Å². The van der Waals surface area contributed by atoms with Crippen molar-refractivity contribution < 1.29 is 9.53 Å². The van der Waals surface area contributed by atoms with Crippen molar-refractivity contribution in [2.75, 3.05) is 19.0 Å². The summed E-state index contributed by atoms with van der Waals surface area (Å²) in [5.74, 6) is 0.523. The highest BCUT2D eigenvalue weighted by atomic mass is 35.5. The van der Waals surface area contributed by atoms with Crippen molar-refractivity contribution in [1.82, 2.24) is 5.43 Å². The molecular formula is C16H16ClN3O2. The second kappa shape index (κ2) is 8.05. The molecule has 0 fully saturated rings. The summed E-state index contributed by atoms with van der Waals surface area (Å²) < 4.78 is 5.06. The minimum atomic E-state index is -0.242. The zero-order valence-corrected chi connectivity index (χ0v) is 12.8. The molecule has 1 amide bonds. The predicted molar refractivity (Wildman–Crippen MR) is 88.7 cm³/mol. The van der Waals surface area contributed by atoms with Gasteiger partial charge in [-0.15, -0.1) is 0 Å². The van der Waals surface area contributed by atoms with E-state index in [1.54, 1.807) is 19.2 Å². The molecule has 0 aliphatic carbocycles. The Labute approximate surface area is 133 Å². The zero-order chi connectivity index (χ0) is 15.8. The number of carbonyl (C=O) groups excluding carboxylic acids is 1. The van der Waals surface area contributed by atoms with E-state index in [0.717, 1.165) is 17.0 Å². The highest BCUT2D eigenvalue weighted by molar-refractivity contribution is 6.30. The van der Waals surface area contributed by atoms with Crippen molar-refractivity contribution in [2.45, 2.75) is 0 Å². The molecule has 114 valence electrons. The number of benzene rings is 2. The van der Waals surface area contributed by atoms with Crippen LogP contribution in [0.1, 0.15) is 5.56 Å². The van der Waals surface area contributed by atoms with Crippen molar-refractivity contribution in [1.29, 1.82) is 0 Å². The first-order valence-electron chi connectivity index (χ1n) is 6.63. The van der Waals surface area contributed by atoms with Gasteiger partial charge in [-0.05, 0) is 42.0 Å². The topological polar surface area (TPSA) is 62.7 Å². The van der Waals surface area contributed by atoms with E-state index < -0.39 is 0 Å². The molecule has 0 heterocycles. The van der Waals surface area contributed by atoms with Gasteiger partial charge in [-0.2, -0.15) is 5.10 Å². The number of halogens is 1. The number of carbonyl (C=O) groups is 1. The van der Waals surface area contributed by atoms with Gasteiger partial charge in [-0.3, -0.25) is 4.79 Å². The number of ether oxygens (including phenoxy) is 1. The molecule has 22 heavy (non-hydrogen) atoms. The third kappa shape index (κ3) is 5.10. The van der Waals surface area contributed by atoms with E-state index >= 15 is 0 Å². The average Bonchev–Trinajstić information content (AvgIpc) is 2.53. The number of methoxy groups -OCH3 is 1. The molecule has 0 saturated heterocycles. The number of amides is 1. The predicted octanol–water partition coefficient (Wildman–Crippen LogP) is 2.91. The van der Waals surface area contributed by atoms with Crippen LogP contribution in [-0.2, 0) is 4.79 Å². The minimum absolute atomic E-state index is 0.124. The summed E-state index contributed by atoms with van der Waals surface area (Å²) in [6, 6.07) is 14.5. The quantitative estimate of drug-likeness (QED) is 0.636. The summed E-state index contributed by atoms with van der Waals surface area (Å²) in [4.78, 5) is 11.7. The molecule has 2 N–H and O–H groups in total. The lowest BCUT2D eigenvalue weighted by atomic mass is 10.2. The Morgan fingerprint density at radius 3 is 2.73 bits per heavy atom. The molecule has 6 heteroatoms. The summed E-state index contributed by atoms with van der Waals surface area (Å²) in [6.07, 6.45) is 1.54. The van der Waals surface area contributed by atoms with E-state index in [4.69, 9.17) is 16.3 Å². The fourth-order valence-electron chi connectivity index (χ4n) is 1.70. The Kier molecular flexibility index (Phi) is 5.80. The average molecular weight is 318 g/mol. The summed E-state index contributed by atoms with van der Waals surface area (Å²) in [7, 11) is 1.60. The number of nitrogens with zero attached hydrogens (tertiary/aromatic N) is 1. The lowest BCUT2D eigenvalue weighted by Gasteiger charge is -2.06. The summed E-state index contributed by atoms with van der Waals surface area (Å²) in [5, 5.41) is 7.49. The summed E-state index contributed by atoms with van der Waals surface area (Å²) in [5.41, 5.74) is 4.09. The Morgan fingerprint density at radius 2 is 2.05 bits per heavy atom. The van der Waals surface area contributed by atoms with Crippen molar-refractivity contribution in [2.24, 2.45) is 5.10 Å². The van der Waals surface area contributed by atoms with Crippen molar-refractivity contribution in [3.05, 3.63) is 59.1 Å². The van der Waals surface area contributed by atoms with Gasteiger partial charge in [0, 0.05) is 10.7 Å². The molecular weight excluding hydrogens is 302 g/mol. The molecule has 0 bridgehead atoms. The fourth-order valence-corrected chi connectivity index (χ4v) is 1.90. The van der Waals surface area contributed by atoms with Crippen molar-refractivity contribution in [3.8, 4) is 5.75 Å². The standard InChI is InChI=1S/C16H16ClN3O2/c1-22-15-7-5-14(6-8-15)18-11-16(21)20-19-10-12-3-2-4-13(17)9-12/h2-10,18H,11H2,1H3,(H,20,21)/b19-10-. The maximum atomic E-state index is 11.7. The maximum Gasteiger partial charge on any atom is 0.259 e. The molecule has 2 aromatic rings. The van der Waals surface area contributed by atoms with Gasteiger partial charge in [0.15, 0.2) is 0 Å². The Morgan fingerprint density at radius 1 is 1.27 bits per heavy atom. The second-order valence-electron chi connectivity index (χ2n) is 4.43. The maximum absolute atomic E-state index is 11.7. The zero-order valence-electron chi connectivity index (χ0n) is 12.0. The Balaban J connectivity index is 1.77. The Hall–Kier alpha value is -2.53. The van der Waals surface area contributed by atoms with Crippen LogP contribution < -0.4 is 15.5 Å². The van der Waals surface area contributed by atoms with E-state index in [9.17, 15) is 4.79 Å². The lowest BCUT2D eigenvalue weighted by Crippen LogP contribution is -2.25. The molecule has 0 aromatic heterocycles. The molecule has 2 aromatic carbocycles. The summed E-state index contributed by atoms with van der Waals surface area (Å²) in [6.45, 7) is 0.124. The van der Waals surface area contributed by atoms with Crippen LogP contribution in [0.3, 0.4) is 0 Å².